The van der Waals surface area contributed by atoms with Gasteiger partial charge in [0.25, 0.3) is 0 Å². The van der Waals surface area contributed by atoms with Gasteiger partial charge in [-0.3, -0.25) is 0 Å². The molecule has 18 heavy (non-hydrogen) atoms. The van der Waals surface area contributed by atoms with Crippen molar-refractivity contribution >= 4 is 16.5 Å². The van der Waals surface area contributed by atoms with E-state index in [1.54, 1.807) is 0 Å². The summed E-state index contributed by atoms with van der Waals surface area (Å²) in [5.74, 6) is 0. The average molecular weight is 242 g/mol. The molecule has 0 atom stereocenters. The van der Waals surface area contributed by atoms with Crippen molar-refractivity contribution in [3.8, 4) is 0 Å². The summed E-state index contributed by atoms with van der Waals surface area (Å²) < 4.78 is 4.42. The van der Waals surface area contributed by atoms with Crippen molar-refractivity contribution in [1.82, 2.24) is 0 Å². The maximum absolute atomic E-state index is 4.42. The summed E-state index contributed by atoms with van der Waals surface area (Å²) in [4.78, 5) is 2.47. The number of nitrogens with zero attached hydrogens (tertiary/aromatic N) is 1. The van der Waals surface area contributed by atoms with Crippen LogP contribution in [0, 0.1) is 0 Å². The highest BCUT2D eigenvalue weighted by Gasteiger charge is 2.16. The molecule has 0 radical (unpaired) electrons. The van der Waals surface area contributed by atoms with Gasteiger partial charge in [-0.2, -0.15) is 0 Å². The van der Waals surface area contributed by atoms with Crippen LogP contribution in [0.15, 0.2) is 36.4 Å². The van der Waals surface area contributed by atoms with Crippen molar-refractivity contribution in [1.29, 1.82) is 0 Å². The Bertz CT molecular complexity index is 544. The normalized spacial score (nSPS) is 16.2. The molecule has 2 aromatic carbocycles. The van der Waals surface area contributed by atoms with E-state index in [0.717, 1.165) is 32.7 Å². The number of benzene rings is 2. The largest absolute Gasteiger partial charge is 0.431 e. The molecule has 0 aromatic heterocycles. The summed E-state index contributed by atoms with van der Waals surface area (Å²) in [5.41, 5.74) is 2.81. The summed E-state index contributed by atoms with van der Waals surface area (Å²) in [6.45, 7) is 6.25. The Morgan fingerprint density at radius 3 is 2.44 bits per heavy atom. The van der Waals surface area contributed by atoms with Crippen LogP contribution in [0.3, 0.4) is 0 Å². The van der Waals surface area contributed by atoms with Crippen molar-refractivity contribution in [2.75, 3.05) is 31.2 Å². The first-order valence-electron chi connectivity index (χ1n) is 6.79. The van der Waals surface area contributed by atoms with Crippen LogP contribution >= 0.6 is 0 Å². The first kappa shape index (κ1) is 11.5. The molecule has 0 saturated carbocycles. The Hall–Kier alpha value is -1.54. The van der Waals surface area contributed by atoms with Crippen LogP contribution < -0.4 is 4.90 Å². The monoisotopic (exact) mass is 242 g/mol. The fraction of sp³-hybridized carbons (Fsp3) is 0.375. The van der Waals surface area contributed by atoms with Crippen molar-refractivity contribution in [2.24, 2.45) is 0 Å². The van der Waals surface area contributed by atoms with Gasteiger partial charge in [0, 0.05) is 11.1 Å². The molecule has 0 aliphatic carbocycles. The molecular formula is C16H20NO+. The standard InChI is InChI=1S/C16H19NO/c1-2-13-7-8-16(17-9-11-18-12-10-17)15-6-4-3-5-14(13)15/h3-8H,2,9-12H2,1H3/p+1. The summed E-state index contributed by atoms with van der Waals surface area (Å²) in [6, 6.07) is 13.3. The lowest BCUT2D eigenvalue weighted by Crippen LogP contribution is -2.38. The number of hydrogen-bond acceptors (Lipinski definition) is 1. The van der Waals surface area contributed by atoms with E-state index in [0.29, 0.717) is 0 Å². The summed E-state index contributed by atoms with van der Waals surface area (Å²) in [6.07, 6.45) is 1.09. The number of hydrogen-bond donors (Lipinski definition) is 0. The number of fused-ring (bicyclic) bond motifs is 1. The summed E-state index contributed by atoms with van der Waals surface area (Å²) in [5, 5.41) is 2.79. The number of morpholine rings is 1. The van der Waals surface area contributed by atoms with Gasteiger partial charge in [0.1, 0.15) is 0 Å². The molecule has 2 heteroatoms. The molecule has 2 aromatic rings. The molecule has 1 fully saturated rings. The average Bonchev–Trinajstić information content (AvgIpc) is 2.47. The highest BCUT2D eigenvalue weighted by atomic mass is 16.5. The molecule has 0 amide bonds. The van der Waals surface area contributed by atoms with Gasteiger partial charge in [-0.05, 0) is 23.4 Å². The van der Waals surface area contributed by atoms with Crippen LogP contribution in [0.4, 0.5) is 5.69 Å². The molecule has 0 unspecified atom stereocenters. The third kappa shape index (κ3) is 1.97. The van der Waals surface area contributed by atoms with Gasteiger partial charge in [0.05, 0.1) is 13.1 Å². The second-order valence-electron chi connectivity index (χ2n) is 4.80. The molecule has 0 spiro atoms. The number of rotatable bonds is 2. The Morgan fingerprint density at radius 2 is 1.72 bits per heavy atom. The predicted molar refractivity (Wildman–Crippen MR) is 77.5 cm³/mol. The lowest BCUT2D eigenvalue weighted by molar-refractivity contribution is -0.0437. The Kier molecular flexibility index (Phi) is 3.20. The Morgan fingerprint density at radius 1 is 1.00 bits per heavy atom. The van der Waals surface area contributed by atoms with E-state index in [-0.39, 0.29) is 0 Å². The Balaban J connectivity index is 2.12. The maximum Gasteiger partial charge on any atom is 0.162 e. The van der Waals surface area contributed by atoms with Gasteiger partial charge in [-0.1, -0.05) is 37.3 Å². The van der Waals surface area contributed by atoms with Gasteiger partial charge in [-0.25, -0.2) is 0 Å². The topological polar surface area (TPSA) is 16.0 Å². The van der Waals surface area contributed by atoms with Crippen LogP contribution in [0.5, 0.6) is 0 Å². The number of aryl methyl sites for hydroxylation is 1. The second kappa shape index (κ2) is 4.99. The fourth-order valence-corrected chi connectivity index (χ4v) is 2.78. The molecule has 3 rings (SSSR count). The van der Waals surface area contributed by atoms with E-state index in [4.69, 9.17) is 0 Å². The zero-order chi connectivity index (χ0) is 12.4. The minimum Gasteiger partial charge on any atom is -0.431 e. The van der Waals surface area contributed by atoms with Crippen LogP contribution in [0.2, 0.25) is 0 Å². The van der Waals surface area contributed by atoms with Crippen molar-refractivity contribution in [3.05, 3.63) is 42.0 Å². The van der Waals surface area contributed by atoms with Crippen molar-refractivity contribution < 1.29 is 4.74 Å². The molecule has 2 nitrogen and oxygen atoms in total. The van der Waals surface area contributed by atoms with Crippen LogP contribution in [0.25, 0.3) is 10.8 Å². The van der Waals surface area contributed by atoms with Crippen LogP contribution in [-0.4, -0.2) is 31.0 Å². The van der Waals surface area contributed by atoms with Gasteiger partial charge in [0.2, 0.25) is 0 Å². The number of aliphatic hydroxyl groups is 2. The first-order chi connectivity index (χ1) is 8.90. The minimum atomic E-state index is 0.962. The predicted octanol–water partition coefficient (Wildman–Crippen LogP) is 2.75. The third-order valence-electron chi connectivity index (χ3n) is 3.77. The molecular weight excluding hydrogens is 222 g/mol. The Labute approximate surface area is 108 Å². The van der Waals surface area contributed by atoms with E-state index >= 15 is 0 Å². The van der Waals surface area contributed by atoms with Gasteiger partial charge in [-0.15, -0.1) is 0 Å². The second-order valence-corrected chi connectivity index (χ2v) is 4.80. The summed E-state index contributed by atoms with van der Waals surface area (Å²) >= 11 is 0. The van der Waals surface area contributed by atoms with E-state index in [2.05, 4.69) is 53.0 Å². The number of ether oxygens (including phenoxy) is 1. The molecule has 1 aliphatic rings. The third-order valence-corrected chi connectivity index (χ3v) is 3.77. The zero-order valence-corrected chi connectivity index (χ0v) is 10.9. The molecule has 1 N–H and O–H groups in total. The van der Waals surface area contributed by atoms with E-state index in [1.807, 2.05) is 0 Å². The lowest BCUT2D eigenvalue weighted by Gasteiger charge is -2.28. The van der Waals surface area contributed by atoms with Crippen LogP contribution in [-0.2, 0) is 6.42 Å². The van der Waals surface area contributed by atoms with E-state index < -0.39 is 0 Å². The smallest absolute Gasteiger partial charge is 0.162 e. The summed E-state index contributed by atoms with van der Waals surface area (Å²) in [7, 11) is 0. The molecule has 0 bridgehead atoms. The van der Waals surface area contributed by atoms with Gasteiger partial charge >= 0.3 is 0 Å². The quantitative estimate of drug-likeness (QED) is 0.740. The molecule has 1 saturated heterocycles. The fourth-order valence-electron chi connectivity index (χ4n) is 2.78. The maximum atomic E-state index is 4.42. The number of anilines is 1. The molecule has 94 valence electrons. The highest BCUT2D eigenvalue weighted by molar-refractivity contribution is 5.96. The van der Waals surface area contributed by atoms with E-state index in [1.165, 1.54) is 22.0 Å². The first-order valence-corrected chi connectivity index (χ1v) is 6.79. The van der Waals surface area contributed by atoms with E-state index in [9.17, 15) is 0 Å². The van der Waals surface area contributed by atoms with Crippen molar-refractivity contribution in [2.45, 2.75) is 13.3 Å². The zero-order valence-electron chi connectivity index (χ0n) is 10.9. The highest BCUT2D eigenvalue weighted by Crippen LogP contribution is 2.30. The molecule has 1 aliphatic heterocycles. The SMILES string of the molecule is CCc1ccc(N2CC[OH+]CC2)c2ccccc12. The lowest BCUT2D eigenvalue weighted by atomic mass is 10.0. The van der Waals surface area contributed by atoms with Crippen LogP contribution in [0.1, 0.15) is 12.5 Å². The van der Waals surface area contributed by atoms with Gasteiger partial charge in [0.15, 0.2) is 13.2 Å². The minimum absolute atomic E-state index is 0.962. The van der Waals surface area contributed by atoms with Crippen molar-refractivity contribution in [3.63, 3.8) is 0 Å². The molecule has 1 heterocycles. The van der Waals surface area contributed by atoms with Gasteiger partial charge < -0.3 is 9.64 Å².